The Balaban J connectivity index is 1.28. The Morgan fingerprint density at radius 2 is 2.12 bits per heavy atom. The zero-order valence-corrected chi connectivity index (χ0v) is 19.4. The lowest BCUT2D eigenvalue weighted by atomic mass is 10.0. The zero-order valence-electron chi connectivity index (χ0n) is 19.4. The Hall–Kier alpha value is -3.65. The van der Waals surface area contributed by atoms with Crippen molar-refractivity contribution in [1.29, 1.82) is 0 Å². The predicted octanol–water partition coefficient (Wildman–Crippen LogP) is 3.85. The van der Waals surface area contributed by atoms with E-state index in [0.717, 1.165) is 34.6 Å². The number of amides is 1. The molecule has 4 heterocycles. The minimum atomic E-state index is -0.0212. The average Bonchev–Trinajstić information content (AvgIpc) is 3.38. The molecule has 8 nitrogen and oxygen atoms in total. The molecule has 34 heavy (non-hydrogen) atoms. The molecule has 1 saturated heterocycles. The Morgan fingerprint density at radius 3 is 2.97 bits per heavy atom. The number of aryl methyl sites for hydroxylation is 2. The van der Waals surface area contributed by atoms with Gasteiger partial charge in [0.25, 0.3) is 5.91 Å². The van der Waals surface area contributed by atoms with E-state index in [9.17, 15) is 4.79 Å². The topological polar surface area (TPSA) is 82.1 Å². The van der Waals surface area contributed by atoms with E-state index in [4.69, 9.17) is 14.0 Å². The molecule has 1 aliphatic rings. The third kappa shape index (κ3) is 4.68. The lowest BCUT2D eigenvalue weighted by Gasteiger charge is -2.24. The fraction of sp³-hybridized carbons (Fsp3) is 0.346. The first-order chi connectivity index (χ1) is 16.6. The molecule has 0 saturated carbocycles. The summed E-state index contributed by atoms with van der Waals surface area (Å²) < 4.78 is 19.1. The van der Waals surface area contributed by atoms with E-state index in [1.54, 1.807) is 6.07 Å². The van der Waals surface area contributed by atoms with Crippen molar-refractivity contribution in [2.24, 2.45) is 5.92 Å². The Bertz CT molecular complexity index is 1280. The Morgan fingerprint density at radius 1 is 1.21 bits per heavy atom. The molecule has 0 N–H and O–H groups in total. The van der Waals surface area contributed by atoms with Crippen LogP contribution in [0.15, 0.2) is 59.5 Å². The molecule has 1 unspecified atom stereocenters. The summed E-state index contributed by atoms with van der Waals surface area (Å²) in [6.07, 6.45) is 6.52. The number of carbonyl (C=O) groups excluding carboxylic acids is 1. The summed E-state index contributed by atoms with van der Waals surface area (Å²) >= 11 is 0. The van der Waals surface area contributed by atoms with Crippen LogP contribution in [0.25, 0.3) is 5.52 Å². The van der Waals surface area contributed by atoms with Crippen LogP contribution in [0.2, 0.25) is 0 Å². The van der Waals surface area contributed by atoms with Crippen molar-refractivity contribution in [3.05, 3.63) is 83.3 Å². The molecule has 8 heteroatoms. The summed E-state index contributed by atoms with van der Waals surface area (Å²) in [6, 6.07) is 11.4. The molecule has 1 aromatic carbocycles. The normalized spacial score (nSPS) is 16.5. The van der Waals surface area contributed by atoms with Gasteiger partial charge in [-0.05, 0) is 50.6 Å². The predicted molar refractivity (Wildman–Crippen MR) is 126 cm³/mol. The van der Waals surface area contributed by atoms with Crippen molar-refractivity contribution < 1.29 is 18.8 Å². The molecule has 0 radical (unpaired) electrons. The maximum absolute atomic E-state index is 13.4. The van der Waals surface area contributed by atoms with Crippen LogP contribution in [0.5, 0.6) is 5.75 Å². The number of fused-ring (bicyclic) bond motifs is 1. The third-order valence-electron chi connectivity index (χ3n) is 6.28. The van der Waals surface area contributed by atoms with E-state index in [-0.39, 0.29) is 11.8 Å². The summed E-state index contributed by atoms with van der Waals surface area (Å²) in [5, 5.41) is 3.96. The molecule has 1 amide bonds. The molecule has 0 bridgehead atoms. The van der Waals surface area contributed by atoms with E-state index in [1.165, 1.54) is 0 Å². The molecule has 0 spiro atoms. The van der Waals surface area contributed by atoms with Crippen LogP contribution < -0.4 is 4.74 Å². The lowest BCUT2D eigenvalue weighted by Crippen LogP contribution is -2.36. The fourth-order valence-corrected chi connectivity index (χ4v) is 4.41. The van der Waals surface area contributed by atoms with Gasteiger partial charge in [-0.2, -0.15) is 0 Å². The van der Waals surface area contributed by atoms with Crippen LogP contribution in [-0.2, 0) is 17.8 Å². The molecule has 3 aromatic heterocycles. The molecule has 5 rings (SSSR count). The van der Waals surface area contributed by atoms with Crippen LogP contribution in [0.4, 0.5) is 0 Å². The molecule has 1 aliphatic heterocycles. The minimum Gasteiger partial charge on any atom is -0.489 e. The highest BCUT2D eigenvalue weighted by Gasteiger charge is 2.25. The number of hydrogen-bond acceptors (Lipinski definition) is 6. The van der Waals surface area contributed by atoms with Gasteiger partial charge in [-0.1, -0.05) is 11.2 Å². The van der Waals surface area contributed by atoms with Crippen molar-refractivity contribution in [1.82, 2.24) is 19.4 Å². The SMILES string of the molecule is Cc1noc(C)c1COc1cccc(C(=O)N2CCOCC(Cc3nccn4cccc34)C2)c1. The van der Waals surface area contributed by atoms with Gasteiger partial charge in [-0.15, -0.1) is 0 Å². The maximum atomic E-state index is 13.4. The number of benzene rings is 1. The maximum Gasteiger partial charge on any atom is 0.254 e. The van der Waals surface area contributed by atoms with Crippen LogP contribution >= 0.6 is 0 Å². The molecule has 4 aromatic rings. The van der Waals surface area contributed by atoms with Gasteiger partial charge in [-0.25, -0.2) is 0 Å². The second kappa shape index (κ2) is 9.69. The molecule has 176 valence electrons. The van der Waals surface area contributed by atoms with Gasteiger partial charge in [0.2, 0.25) is 0 Å². The number of rotatable bonds is 6. The molecule has 1 fully saturated rings. The van der Waals surface area contributed by atoms with Gasteiger partial charge in [-0.3, -0.25) is 9.78 Å². The fourth-order valence-electron chi connectivity index (χ4n) is 4.41. The number of carbonyl (C=O) groups is 1. The van der Waals surface area contributed by atoms with E-state index < -0.39 is 0 Å². The van der Waals surface area contributed by atoms with Crippen LogP contribution in [0.1, 0.15) is 33.1 Å². The molecular formula is C26H28N4O4. The second-order valence-electron chi connectivity index (χ2n) is 8.69. The van der Waals surface area contributed by atoms with Gasteiger partial charge in [0.15, 0.2) is 0 Å². The highest BCUT2D eigenvalue weighted by atomic mass is 16.5. The Kier molecular flexibility index (Phi) is 6.31. The average molecular weight is 461 g/mol. The summed E-state index contributed by atoms with van der Waals surface area (Å²) in [6.45, 7) is 6.40. The zero-order chi connectivity index (χ0) is 23.5. The summed E-state index contributed by atoms with van der Waals surface area (Å²) in [4.78, 5) is 19.9. The standard InChI is InChI=1S/C26H28N4O4/c1-18-23(19(2)34-28-18)17-33-22-6-3-5-21(14-22)26(31)30-11-12-32-16-20(15-30)13-24-25-7-4-9-29(25)10-8-27-24/h3-10,14,20H,11-13,15-17H2,1-2H3. The van der Waals surface area contributed by atoms with Crippen molar-refractivity contribution in [3.63, 3.8) is 0 Å². The first-order valence-corrected chi connectivity index (χ1v) is 11.5. The van der Waals surface area contributed by atoms with Gasteiger partial charge in [0, 0.05) is 43.2 Å². The summed E-state index contributed by atoms with van der Waals surface area (Å²) in [5.74, 6) is 1.52. The monoisotopic (exact) mass is 460 g/mol. The van der Waals surface area contributed by atoms with Gasteiger partial charge in [0.05, 0.1) is 35.7 Å². The number of nitrogens with zero attached hydrogens (tertiary/aromatic N) is 4. The van der Waals surface area contributed by atoms with E-state index in [0.29, 0.717) is 44.2 Å². The van der Waals surface area contributed by atoms with Crippen LogP contribution in [0, 0.1) is 19.8 Å². The van der Waals surface area contributed by atoms with E-state index >= 15 is 0 Å². The lowest BCUT2D eigenvalue weighted by molar-refractivity contribution is 0.0736. The smallest absolute Gasteiger partial charge is 0.254 e. The van der Waals surface area contributed by atoms with Crippen LogP contribution in [-0.4, -0.2) is 51.7 Å². The number of ether oxygens (including phenoxy) is 2. The highest BCUT2D eigenvalue weighted by molar-refractivity contribution is 5.94. The second-order valence-corrected chi connectivity index (χ2v) is 8.69. The molecular weight excluding hydrogens is 432 g/mol. The largest absolute Gasteiger partial charge is 0.489 e. The summed E-state index contributed by atoms with van der Waals surface area (Å²) in [5.41, 5.74) is 4.45. The van der Waals surface area contributed by atoms with E-state index in [2.05, 4.69) is 20.6 Å². The van der Waals surface area contributed by atoms with Crippen molar-refractivity contribution in [3.8, 4) is 5.75 Å². The Labute approximate surface area is 198 Å². The van der Waals surface area contributed by atoms with Crippen LogP contribution in [0.3, 0.4) is 0 Å². The third-order valence-corrected chi connectivity index (χ3v) is 6.28. The van der Waals surface area contributed by atoms with Gasteiger partial charge < -0.3 is 23.3 Å². The van der Waals surface area contributed by atoms with Crippen molar-refractivity contribution >= 4 is 11.4 Å². The quantitative estimate of drug-likeness (QED) is 0.435. The number of hydrogen-bond donors (Lipinski definition) is 0. The van der Waals surface area contributed by atoms with E-state index in [1.807, 2.05) is 61.6 Å². The first kappa shape index (κ1) is 22.2. The first-order valence-electron chi connectivity index (χ1n) is 11.5. The summed E-state index contributed by atoms with van der Waals surface area (Å²) in [7, 11) is 0. The molecule has 1 atom stereocenters. The minimum absolute atomic E-state index is 0.0212. The van der Waals surface area contributed by atoms with Gasteiger partial charge >= 0.3 is 0 Å². The van der Waals surface area contributed by atoms with Gasteiger partial charge in [0.1, 0.15) is 18.1 Å². The van der Waals surface area contributed by atoms with Crippen molar-refractivity contribution in [2.45, 2.75) is 26.9 Å². The highest BCUT2D eigenvalue weighted by Crippen LogP contribution is 2.22. The number of aromatic nitrogens is 3. The van der Waals surface area contributed by atoms with Crippen molar-refractivity contribution in [2.75, 3.05) is 26.3 Å². The molecule has 0 aliphatic carbocycles.